The van der Waals surface area contributed by atoms with E-state index in [1.165, 1.54) is 7.11 Å². The molecule has 5 N–H and O–H groups in total. The van der Waals surface area contributed by atoms with Gasteiger partial charge in [0.25, 0.3) is 5.56 Å². The van der Waals surface area contributed by atoms with E-state index >= 15 is 0 Å². The third-order valence-electron chi connectivity index (χ3n) is 8.16. The van der Waals surface area contributed by atoms with Crippen LogP contribution in [-0.2, 0) is 15.9 Å². The third kappa shape index (κ3) is 2.98. The molecule has 3 atom stereocenters. The van der Waals surface area contributed by atoms with Gasteiger partial charge in [0, 0.05) is 35.6 Å². The van der Waals surface area contributed by atoms with E-state index in [2.05, 4.69) is 0 Å². The van der Waals surface area contributed by atoms with Crippen molar-refractivity contribution in [1.82, 2.24) is 4.68 Å². The van der Waals surface area contributed by atoms with Gasteiger partial charge in [-0.15, -0.1) is 0 Å². The molecule has 7 rings (SSSR count). The summed E-state index contributed by atoms with van der Waals surface area (Å²) in [6, 6.07) is 1.66. The highest BCUT2D eigenvalue weighted by Gasteiger charge is 2.41. The van der Waals surface area contributed by atoms with Gasteiger partial charge in [-0.05, 0) is 31.4 Å². The normalized spacial score (nSPS) is 21.4. The van der Waals surface area contributed by atoms with E-state index in [0.717, 1.165) is 4.68 Å². The van der Waals surface area contributed by atoms with Gasteiger partial charge in [-0.25, -0.2) is 4.68 Å². The van der Waals surface area contributed by atoms with Crippen LogP contribution in [0.4, 0.5) is 0 Å². The molecular formula is C27H23ClN2O9. The quantitative estimate of drug-likeness (QED) is 0.256. The maximum Gasteiger partial charge on any atom is 0.280 e. The van der Waals surface area contributed by atoms with Crippen molar-refractivity contribution in [1.29, 1.82) is 0 Å². The molecule has 4 aromatic rings. The number of phenolic OH excluding ortho intramolecular Hbond substituents is 2. The summed E-state index contributed by atoms with van der Waals surface area (Å²) in [4.78, 5) is 27.0. The molecule has 0 radical (unpaired) electrons. The van der Waals surface area contributed by atoms with Gasteiger partial charge in [-0.2, -0.15) is 0 Å². The summed E-state index contributed by atoms with van der Waals surface area (Å²) in [6.45, 7) is 1.43. The molecule has 202 valence electrons. The number of nitrogen functional groups attached to an aromatic ring is 1. The molecule has 2 aromatic carbocycles. The van der Waals surface area contributed by atoms with Crippen LogP contribution in [0.1, 0.15) is 59.3 Å². The summed E-state index contributed by atoms with van der Waals surface area (Å²) in [5.41, 5.74) is 0.0995. The Morgan fingerprint density at radius 3 is 2.62 bits per heavy atom. The molecule has 0 amide bonds. The van der Waals surface area contributed by atoms with Crippen molar-refractivity contribution in [3.05, 3.63) is 59.8 Å². The van der Waals surface area contributed by atoms with Crippen LogP contribution in [0.5, 0.6) is 17.2 Å². The molecule has 0 saturated carbocycles. The number of rotatable bonds is 1. The molecule has 0 saturated heterocycles. The number of hydrogen-bond donors (Lipinski definition) is 4. The smallest absolute Gasteiger partial charge is 0.280 e. The Morgan fingerprint density at radius 2 is 1.87 bits per heavy atom. The van der Waals surface area contributed by atoms with Gasteiger partial charge in [0.05, 0.1) is 33.9 Å². The molecule has 2 aliphatic carbocycles. The van der Waals surface area contributed by atoms with Gasteiger partial charge in [-0.1, -0.05) is 11.6 Å². The number of fused-ring (bicyclic) bond motifs is 6. The van der Waals surface area contributed by atoms with E-state index < -0.39 is 40.8 Å². The maximum absolute atomic E-state index is 13.8. The fourth-order valence-electron chi connectivity index (χ4n) is 6.24. The monoisotopic (exact) mass is 554 g/mol. The van der Waals surface area contributed by atoms with Crippen LogP contribution in [0.3, 0.4) is 0 Å². The highest BCUT2D eigenvalue weighted by molar-refractivity contribution is 6.36. The number of aliphatic hydroxyl groups is 1. The molecule has 11 nitrogen and oxygen atoms in total. The van der Waals surface area contributed by atoms with E-state index in [1.54, 1.807) is 13.0 Å². The van der Waals surface area contributed by atoms with Crippen molar-refractivity contribution >= 4 is 33.3 Å². The van der Waals surface area contributed by atoms with Gasteiger partial charge in [0.1, 0.15) is 28.7 Å². The number of nitrogens with zero attached hydrogens (tertiary/aromatic N) is 1. The first-order valence-corrected chi connectivity index (χ1v) is 12.7. The zero-order valence-electron chi connectivity index (χ0n) is 20.8. The number of nitrogens with two attached hydrogens (primary N) is 1. The molecule has 12 heteroatoms. The van der Waals surface area contributed by atoms with Crippen LogP contribution in [0.15, 0.2) is 20.1 Å². The van der Waals surface area contributed by atoms with Crippen LogP contribution in [0, 0.1) is 6.92 Å². The Bertz CT molecular complexity index is 1890. The molecule has 3 aliphatic rings. The lowest BCUT2D eigenvalue weighted by molar-refractivity contribution is -0.0592. The van der Waals surface area contributed by atoms with Crippen molar-refractivity contribution in [2.24, 2.45) is 0 Å². The first-order chi connectivity index (χ1) is 18.6. The van der Waals surface area contributed by atoms with Crippen molar-refractivity contribution < 1.29 is 33.9 Å². The molecule has 3 unspecified atom stereocenters. The topological polar surface area (TPSA) is 167 Å². The molecule has 3 heterocycles. The summed E-state index contributed by atoms with van der Waals surface area (Å²) in [5, 5.41) is 34.1. The number of benzene rings is 2. The van der Waals surface area contributed by atoms with Crippen LogP contribution >= 0.6 is 11.6 Å². The molecule has 1 aliphatic heterocycles. The van der Waals surface area contributed by atoms with E-state index in [9.17, 15) is 24.9 Å². The number of ether oxygens (including phenoxy) is 3. The zero-order chi connectivity index (χ0) is 27.5. The van der Waals surface area contributed by atoms with Crippen molar-refractivity contribution in [3.63, 3.8) is 0 Å². The molecule has 39 heavy (non-hydrogen) atoms. The maximum atomic E-state index is 13.8. The van der Waals surface area contributed by atoms with Gasteiger partial charge < -0.3 is 39.8 Å². The Labute approximate surface area is 224 Å². The largest absolute Gasteiger partial charge is 0.506 e. The highest BCUT2D eigenvalue weighted by Crippen LogP contribution is 2.57. The second kappa shape index (κ2) is 8.12. The minimum atomic E-state index is -1.12. The molecule has 2 aromatic heterocycles. The fourth-order valence-corrected chi connectivity index (χ4v) is 6.48. The van der Waals surface area contributed by atoms with Crippen molar-refractivity contribution in [2.75, 3.05) is 19.7 Å². The van der Waals surface area contributed by atoms with Gasteiger partial charge in [0.2, 0.25) is 5.43 Å². The zero-order valence-corrected chi connectivity index (χ0v) is 21.6. The summed E-state index contributed by atoms with van der Waals surface area (Å²) in [5.74, 6) is 5.33. The van der Waals surface area contributed by atoms with Crippen LogP contribution in [-0.4, -0.2) is 33.9 Å². The Balaban J connectivity index is 1.66. The fraction of sp³-hybridized carbons (Fsp3) is 0.333. The first-order valence-electron chi connectivity index (χ1n) is 12.3. The van der Waals surface area contributed by atoms with Crippen LogP contribution < -0.4 is 21.6 Å². The predicted molar refractivity (Wildman–Crippen MR) is 140 cm³/mol. The number of phenols is 2. The molecule has 0 bridgehead atoms. The van der Waals surface area contributed by atoms with Crippen LogP contribution in [0.2, 0.25) is 5.02 Å². The van der Waals surface area contributed by atoms with E-state index in [1.807, 2.05) is 0 Å². The summed E-state index contributed by atoms with van der Waals surface area (Å²) in [6.07, 6.45) is -1.34. The minimum Gasteiger partial charge on any atom is -0.506 e. The standard InChI is InChI=1S/C27H23ClN2O9/c1-8-20(28)10-5-9-6-13-17-18(14(9)21(32)15(10)27(35)30(8)29)23(34)19-22(33)16-11(31)3-4-12(36-2)24(16)39-26(19)25(17)38-7-37-13/h5,11-13,31-32,34H,3-4,6-7,29H2,1-2H3. The van der Waals surface area contributed by atoms with Crippen LogP contribution in [0.25, 0.3) is 32.9 Å². The van der Waals surface area contributed by atoms with Crippen molar-refractivity contribution in [2.45, 2.75) is 44.5 Å². The average Bonchev–Trinajstić information content (AvgIpc) is 2.92. The second-order valence-corrected chi connectivity index (χ2v) is 10.5. The lowest BCUT2D eigenvalue weighted by Crippen LogP contribution is -2.30. The molecule has 0 fully saturated rings. The highest BCUT2D eigenvalue weighted by atomic mass is 35.5. The van der Waals surface area contributed by atoms with Gasteiger partial charge in [0.15, 0.2) is 18.1 Å². The Morgan fingerprint density at radius 1 is 1.13 bits per heavy atom. The number of halogens is 1. The van der Waals surface area contributed by atoms with E-state index in [-0.39, 0.29) is 69.2 Å². The Kier molecular flexibility index (Phi) is 5.06. The summed E-state index contributed by atoms with van der Waals surface area (Å²) in [7, 11) is 1.48. The summed E-state index contributed by atoms with van der Waals surface area (Å²) < 4.78 is 24.2. The van der Waals surface area contributed by atoms with Crippen molar-refractivity contribution in [3.8, 4) is 28.4 Å². The number of methoxy groups -OCH3 is 1. The second-order valence-electron chi connectivity index (χ2n) is 10.1. The Hall–Kier alpha value is -3.77. The SMILES string of the molecule is COC1CCC(O)c2c1oc1c3c4c(c(O)c1c2=O)-c1c(cc2c(Cl)c(C)n(N)c(=O)c2c1O)CC4OCO3. The molecular weight excluding hydrogens is 532 g/mol. The number of aliphatic hydroxyl groups excluding tert-OH is 1. The van der Waals surface area contributed by atoms with Gasteiger partial charge >= 0.3 is 0 Å². The minimum absolute atomic E-state index is 0.00120. The first kappa shape index (κ1) is 24.3. The number of aromatic nitrogens is 1. The molecule has 0 spiro atoms. The van der Waals surface area contributed by atoms with Gasteiger partial charge in [-0.3, -0.25) is 9.59 Å². The summed E-state index contributed by atoms with van der Waals surface area (Å²) >= 11 is 6.52. The third-order valence-corrected chi connectivity index (χ3v) is 8.64. The predicted octanol–water partition coefficient (Wildman–Crippen LogP) is 3.34. The number of pyridine rings is 1. The number of aromatic hydroxyl groups is 2. The number of hydrogen-bond acceptors (Lipinski definition) is 10. The lowest BCUT2D eigenvalue weighted by atomic mass is 9.79. The lowest BCUT2D eigenvalue weighted by Gasteiger charge is -2.35. The van der Waals surface area contributed by atoms with E-state index in [0.29, 0.717) is 28.6 Å². The van der Waals surface area contributed by atoms with E-state index in [4.69, 9.17) is 36.1 Å². The average molecular weight is 555 g/mol.